The molecule has 0 amide bonds. The molecule has 3 aliphatic carbocycles. The summed E-state index contributed by atoms with van der Waals surface area (Å²) < 4.78 is 6.90. The quantitative estimate of drug-likeness (QED) is 0.120. The van der Waals surface area contributed by atoms with E-state index in [-0.39, 0.29) is 23.0 Å². The van der Waals surface area contributed by atoms with Gasteiger partial charge >= 0.3 is 0 Å². The first-order valence-corrected chi connectivity index (χ1v) is 17.3. The third-order valence-electron chi connectivity index (χ3n) is 9.52. The van der Waals surface area contributed by atoms with Gasteiger partial charge in [0.05, 0.1) is 35.0 Å². The second-order valence-electron chi connectivity index (χ2n) is 12.2. The Labute approximate surface area is 290 Å². The van der Waals surface area contributed by atoms with Crippen LogP contribution in [-0.2, 0) is 5.60 Å². The van der Waals surface area contributed by atoms with Gasteiger partial charge in [-0.25, -0.2) is 20.2 Å². The Hall–Kier alpha value is -6.10. The zero-order chi connectivity index (χ0) is 33.9. The smallest absolute Gasteiger partial charge is 0.270 e. The van der Waals surface area contributed by atoms with Crippen LogP contribution in [0.1, 0.15) is 79.3 Å². The van der Waals surface area contributed by atoms with Gasteiger partial charge in [0, 0.05) is 48.7 Å². The van der Waals surface area contributed by atoms with Crippen molar-refractivity contribution in [1.29, 1.82) is 10.5 Å². The first-order chi connectivity index (χ1) is 23.9. The van der Waals surface area contributed by atoms with E-state index in [1.165, 1.54) is 11.3 Å². The van der Waals surface area contributed by atoms with Crippen molar-refractivity contribution < 1.29 is 14.3 Å². The van der Waals surface area contributed by atoms with E-state index in [1.54, 1.807) is 72.0 Å². The third kappa shape index (κ3) is 4.56. The van der Waals surface area contributed by atoms with E-state index < -0.39 is 5.60 Å². The van der Waals surface area contributed by atoms with Gasteiger partial charge < -0.3 is 4.74 Å². The van der Waals surface area contributed by atoms with E-state index in [4.69, 9.17) is 17.9 Å². The summed E-state index contributed by atoms with van der Waals surface area (Å²) >= 11 is 3.02. The molecular weight excluding hydrogens is 649 g/mol. The highest BCUT2D eigenvalue weighted by atomic mass is 32.1. The minimum absolute atomic E-state index is 0.119. The van der Waals surface area contributed by atoms with Crippen molar-refractivity contribution in [1.82, 2.24) is 0 Å². The Morgan fingerprint density at radius 2 is 1.22 bits per heavy atom. The highest BCUT2D eigenvalue weighted by Gasteiger charge is 2.44. The predicted octanol–water partition coefficient (Wildman–Crippen LogP) is 9.90. The van der Waals surface area contributed by atoms with Gasteiger partial charge in [0.1, 0.15) is 11.4 Å². The van der Waals surface area contributed by atoms with E-state index in [2.05, 4.69) is 15.8 Å². The molecule has 1 saturated carbocycles. The van der Waals surface area contributed by atoms with Gasteiger partial charge in [-0.1, -0.05) is 55.0 Å². The van der Waals surface area contributed by atoms with E-state index in [0.717, 1.165) is 62.9 Å². The number of hydrogen-bond donors (Lipinski definition) is 0. The SMILES string of the molecule is [C-]#[N+]C(C#N)=C1/C(=C/c2cc3c(s2)-c2sc(/C=C4\C(=O)c5ccccc5\C4=C(\C#N)[N+]#[C-])cc2C2(CCCCC2)O3)C(=O)c2ccccc21. The molecule has 0 radical (unpaired) electrons. The molecule has 9 heteroatoms. The average Bonchev–Trinajstić information content (AvgIpc) is 3.87. The van der Waals surface area contributed by atoms with Crippen LogP contribution in [0.25, 0.3) is 42.7 Å². The maximum atomic E-state index is 13.7. The number of nitriles is 2. The molecule has 2 aromatic heterocycles. The Bertz CT molecular complexity index is 2460. The lowest BCUT2D eigenvalue weighted by Gasteiger charge is -2.40. The predicted molar refractivity (Wildman–Crippen MR) is 189 cm³/mol. The molecule has 4 aliphatic rings. The minimum Gasteiger partial charge on any atom is -0.481 e. The topological polar surface area (TPSA) is 99.7 Å². The summed E-state index contributed by atoms with van der Waals surface area (Å²) in [6.07, 6.45) is 8.36. The summed E-state index contributed by atoms with van der Waals surface area (Å²) in [5.74, 6) is 0.271. The summed E-state index contributed by atoms with van der Waals surface area (Å²) in [6.45, 7) is 15.3. The minimum atomic E-state index is -0.544. The fourth-order valence-electron chi connectivity index (χ4n) is 7.40. The largest absolute Gasteiger partial charge is 0.481 e. The highest BCUT2D eigenvalue weighted by Crippen LogP contribution is 2.57. The lowest BCUT2D eigenvalue weighted by Crippen LogP contribution is -2.37. The van der Waals surface area contributed by atoms with Gasteiger partial charge in [-0.15, -0.1) is 22.7 Å². The second kappa shape index (κ2) is 11.6. The number of benzene rings is 2. The van der Waals surface area contributed by atoms with E-state index in [9.17, 15) is 20.1 Å². The van der Waals surface area contributed by atoms with Crippen molar-refractivity contribution in [3.05, 3.63) is 144 Å². The number of hydrogen-bond acceptors (Lipinski definition) is 7. The summed E-state index contributed by atoms with van der Waals surface area (Å²) in [4.78, 5) is 37.7. The molecule has 0 N–H and O–H groups in total. The first kappa shape index (κ1) is 30.2. The zero-order valence-corrected chi connectivity index (χ0v) is 27.4. The number of ketones is 2. The number of thiophene rings is 2. The first-order valence-electron chi connectivity index (χ1n) is 15.6. The molecule has 1 spiro atoms. The van der Waals surface area contributed by atoms with Crippen molar-refractivity contribution in [3.8, 4) is 27.6 Å². The number of nitrogens with zero attached hydrogens (tertiary/aromatic N) is 4. The van der Waals surface area contributed by atoms with Crippen LogP contribution in [0.3, 0.4) is 0 Å². The molecule has 7 nitrogen and oxygen atoms in total. The molecule has 8 rings (SSSR count). The standard InChI is InChI=1S/C40H22N4O3S2/c1-43-31(20-41)34-24-10-4-6-12-26(24)36(45)28(34)16-22-18-30-38(48-22)39-33(47-40(30)14-8-3-9-15-40)19-23(49-39)17-29-35(32(21-42)44-2)25-11-5-7-13-27(25)37(29)46/h4-7,10-13,16-19H,3,8-9,14-15H2/b28-16-,29-17-,34-31+,35-32?. The Balaban J connectivity index is 1.28. The molecule has 0 saturated heterocycles. The summed E-state index contributed by atoms with van der Waals surface area (Å²) in [5, 5.41) is 19.6. The number of ether oxygens (including phenoxy) is 1. The van der Waals surface area contributed by atoms with E-state index in [1.807, 2.05) is 18.2 Å². The zero-order valence-electron chi connectivity index (χ0n) is 25.8. The molecule has 232 valence electrons. The average molecular weight is 671 g/mol. The number of carbonyl (C=O) groups excluding carboxylic acids is 2. The van der Waals surface area contributed by atoms with Crippen molar-refractivity contribution in [2.45, 2.75) is 37.7 Å². The second-order valence-corrected chi connectivity index (χ2v) is 14.3. The van der Waals surface area contributed by atoms with Crippen LogP contribution in [0.4, 0.5) is 0 Å². The molecule has 0 atom stereocenters. The lowest BCUT2D eigenvalue weighted by atomic mass is 9.78. The number of Topliss-reactive ketones (excluding diaryl/α,β-unsaturated/α-hetero) is 2. The van der Waals surface area contributed by atoms with E-state index in [0.29, 0.717) is 44.5 Å². The molecule has 1 aliphatic heterocycles. The summed E-state index contributed by atoms with van der Waals surface area (Å²) in [6, 6.07) is 22.1. The van der Waals surface area contributed by atoms with Gasteiger partial charge in [-0.3, -0.25) is 9.59 Å². The van der Waals surface area contributed by atoms with Gasteiger partial charge in [0.15, 0.2) is 11.6 Å². The number of allylic oxidation sites excluding steroid dienone is 6. The van der Waals surface area contributed by atoms with Crippen molar-refractivity contribution >= 4 is 57.5 Å². The Morgan fingerprint density at radius 1 is 0.735 bits per heavy atom. The number of fused-ring (bicyclic) bond motifs is 6. The summed E-state index contributed by atoms with van der Waals surface area (Å²) in [7, 11) is 0. The maximum Gasteiger partial charge on any atom is 0.270 e. The number of rotatable bonds is 2. The Kier molecular flexibility index (Phi) is 7.13. The van der Waals surface area contributed by atoms with Crippen LogP contribution in [0.15, 0.2) is 83.2 Å². The molecule has 4 aromatic rings. The van der Waals surface area contributed by atoms with Crippen molar-refractivity contribution in [3.63, 3.8) is 0 Å². The van der Waals surface area contributed by atoms with Crippen molar-refractivity contribution in [2.75, 3.05) is 0 Å². The molecule has 0 bridgehead atoms. The van der Waals surface area contributed by atoms with Gasteiger partial charge in [-0.05, 0) is 61.1 Å². The Morgan fingerprint density at radius 3 is 1.73 bits per heavy atom. The van der Waals surface area contributed by atoms with Gasteiger partial charge in [0.2, 0.25) is 0 Å². The normalized spacial score (nSPS) is 20.3. The maximum absolute atomic E-state index is 13.7. The van der Waals surface area contributed by atoms with Crippen LogP contribution >= 0.6 is 22.7 Å². The fourth-order valence-corrected chi connectivity index (χ4v) is 9.76. The molecule has 49 heavy (non-hydrogen) atoms. The fraction of sp³-hybridized carbons (Fsp3) is 0.150. The van der Waals surface area contributed by atoms with Crippen molar-refractivity contribution in [2.24, 2.45) is 0 Å². The van der Waals surface area contributed by atoms with Crippen LogP contribution in [0.5, 0.6) is 5.75 Å². The molecule has 0 unspecified atom stereocenters. The van der Waals surface area contributed by atoms with Crippen LogP contribution < -0.4 is 4.74 Å². The lowest BCUT2D eigenvalue weighted by molar-refractivity contribution is 0.0250. The number of carbonyl (C=O) groups is 2. The highest BCUT2D eigenvalue weighted by molar-refractivity contribution is 7.23. The molecule has 3 heterocycles. The third-order valence-corrected chi connectivity index (χ3v) is 11.8. The monoisotopic (exact) mass is 670 g/mol. The van der Waals surface area contributed by atoms with Crippen LogP contribution in [0.2, 0.25) is 0 Å². The molecular formula is C40H22N4O3S2. The molecule has 2 aromatic carbocycles. The van der Waals surface area contributed by atoms with Gasteiger partial charge in [0.25, 0.3) is 11.4 Å². The van der Waals surface area contributed by atoms with Crippen LogP contribution in [0, 0.1) is 35.8 Å². The summed E-state index contributed by atoms with van der Waals surface area (Å²) in [5.41, 5.74) is 3.72. The molecule has 1 fully saturated rings. The van der Waals surface area contributed by atoms with E-state index >= 15 is 0 Å². The van der Waals surface area contributed by atoms with Gasteiger partial charge in [-0.2, -0.15) is 0 Å². The van der Waals surface area contributed by atoms with Crippen LogP contribution in [-0.4, -0.2) is 11.6 Å².